The maximum absolute atomic E-state index is 12.0. The molecule has 0 spiro atoms. The van der Waals surface area contributed by atoms with Crippen molar-refractivity contribution in [3.63, 3.8) is 0 Å². The molecular weight excluding hydrogens is 266 g/mol. The van der Waals surface area contributed by atoms with Crippen LogP contribution in [0.1, 0.15) is 58.8 Å². The van der Waals surface area contributed by atoms with E-state index in [-0.39, 0.29) is 12.0 Å². The summed E-state index contributed by atoms with van der Waals surface area (Å²) in [5.74, 6) is 1.59. The van der Waals surface area contributed by atoms with Crippen LogP contribution in [0.4, 0.5) is 0 Å². The van der Waals surface area contributed by atoms with Crippen LogP contribution in [0.5, 0.6) is 0 Å². The molecule has 1 aliphatic carbocycles. The number of carbonyl (C=O) groups is 1. The molecule has 1 N–H and O–H groups in total. The van der Waals surface area contributed by atoms with Crippen molar-refractivity contribution >= 4 is 5.91 Å². The largest absolute Gasteiger partial charge is 0.381 e. The van der Waals surface area contributed by atoms with Crippen LogP contribution in [0.25, 0.3) is 0 Å². The number of ether oxygens (including phenoxy) is 2. The molecule has 4 nitrogen and oxygen atoms in total. The Morgan fingerprint density at radius 3 is 2.76 bits per heavy atom. The van der Waals surface area contributed by atoms with Crippen LogP contribution in [0.3, 0.4) is 0 Å². The average Bonchev–Trinajstić information content (AvgIpc) is 2.48. The molecule has 122 valence electrons. The van der Waals surface area contributed by atoms with E-state index in [9.17, 15) is 4.79 Å². The first-order valence-corrected chi connectivity index (χ1v) is 8.64. The standard InChI is InChI=1S/C17H31NO3/c1-13-4-3-5-15(12-13)14(2)18-17(19)8-11-21-16-6-9-20-10-7-16/h13-16H,3-12H2,1-2H3,(H,18,19)/t13-,14+,15-/m1/s1. The summed E-state index contributed by atoms with van der Waals surface area (Å²) < 4.78 is 11.1. The minimum atomic E-state index is 0.132. The van der Waals surface area contributed by atoms with E-state index < -0.39 is 0 Å². The minimum Gasteiger partial charge on any atom is -0.381 e. The van der Waals surface area contributed by atoms with Gasteiger partial charge in [0.05, 0.1) is 12.7 Å². The Morgan fingerprint density at radius 2 is 2.05 bits per heavy atom. The molecule has 0 bridgehead atoms. The lowest BCUT2D eigenvalue weighted by atomic mass is 9.79. The van der Waals surface area contributed by atoms with Crippen LogP contribution in [0, 0.1) is 11.8 Å². The zero-order valence-electron chi connectivity index (χ0n) is 13.6. The average molecular weight is 297 g/mol. The SMILES string of the molecule is C[C@@H]1CCC[C@@H]([C@H](C)NC(=O)CCOC2CCOCC2)C1. The van der Waals surface area contributed by atoms with Crippen molar-refractivity contribution in [3.05, 3.63) is 0 Å². The normalized spacial score (nSPS) is 29.0. The van der Waals surface area contributed by atoms with E-state index >= 15 is 0 Å². The zero-order chi connectivity index (χ0) is 15.1. The zero-order valence-corrected chi connectivity index (χ0v) is 13.6. The van der Waals surface area contributed by atoms with E-state index in [4.69, 9.17) is 9.47 Å². The van der Waals surface area contributed by atoms with Gasteiger partial charge < -0.3 is 14.8 Å². The summed E-state index contributed by atoms with van der Waals surface area (Å²) in [5.41, 5.74) is 0. The highest BCUT2D eigenvalue weighted by Gasteiger charge is 2.24. The van der Waals surface area contributed by atoms with Crippen LogP contribution in [-0.2, 0) is 14.3 Å². The van der Waals surface area contributed by atoms with Crippen molar-refractivity contribution in [2.24, 2.45) is 11.8 Å². The third-order valence-corrected chi connectivity index (χ3v) is 4.92. The molecule has 4 heteroatoms. The molecule has 1 aliphatic heterocycles. The highest BCUT2D eigenvalue weighted by molar-refractivity contribution is 5.76. The molecule has 2 aliphatic rings. The van der Waals surface area contributed by atoms with Crippen molar-refractivity contribution in [1.82, 2.24) is 5.32 Å². The molecule has 1 heterocycles. The molecule has 21 heavy (non-hydrogen) atoms. The molecule has 0 aromatic carbocycles. The van der Waals surface area contributed by atoms with Gasteiger partial charge in [0.2, 0.25) is 5.91 Å². The Bertz CT molecular complexity index is 315. The molecule has 1 amide bonds. The van der Waals surface area contributed by atoms with Gasteiger partial charge in [-0.2, -0.15) is 0 Å². The molecule has 0 unspecified atom stereocenters. The highest BCUT2D eigenvalue weighted by atomic mass is 16.5. The van der Waals surface area contributed by atoms with Crippen molar-refractivity contribution in [3.8, 4) is 0 Å². The molecule has 1 saturated carbocycles. The summed E-state index contributed by atoms with van der Waals surface area (Å²) in [6.45, 7) is 6.58. The Kier molecular flexibility index (Phi) is 6.97. The molecule has 2 fully saturated rings. The fourth-order valence-electron chi connectivity index (χ4n) is 3.54. The van der Waals surface area contributed by atoms with Gasteiger partial charge in [-0.25, -0.2) is 0 Å². The molecule has 0 aromatic rings. The summed E-state index contributed by atoms with van der Waals surface area (Å²) in [5, 5.41) is 3.16. The topological polar surface area (TPSA) is 47.6 Å². The Labute approximate surface area is 129 Å². The fraction of sp³-hybridized carbons (Fsp3) is 0.941. The van der Waals surface area contributed by atoms with Crippen LogP contribution < -0.4 is 5.32 Å². The summed E-state index contributed by atoms with van der Waals surface area (Å²) in [7, 11) is 0. The monoisotopic (exact) mass is 297 g/mol. The van der Waals surface area contributed by atoms with Gasteiger partial charge in [-0.3, -0.25) is 4.79 Å². The third kappa shape index (κ3) is 5.95. The van der Waals surface area contributed by atoms with Gasteiger partial charge in [0.15, 0.2) is 0 Å². The Hall–Kier alpha value is -0.610. The van der Waals surface area contributed by atoms with E-state index in [1.807, 2.05) is 0 Å². The van der Waals surface area contributed by atoms with Gasteiger partial charge >= 0.3 is 0 Å². The highest BCUT2D eigenvalue weighted by Crippen LogP contribution is 2.30. The summed E-state index contributed by atoms with van der Waals surface area (Å²) >= 11 is 0. The number of carbonyl (C=O) groups excluding carboxylic acids is 1. The number of nitrogens with one attached hydrogen (secondary N) is 1. The van der Waals surface area contributed by atoms with E-state index in [1.54, 1.807) is 0 Å². The van der Waals surface area contributed by atoms with Crippen molar-refractivity contribution in [2.45, 2.75) is 70.9 Å². The predicted molar refractivity (Wildman–Crippen MR) is 83.1 cm³/mol. The number of amides is 1. The van der Waals surface area contributed by atoms with Crippen LogP contribution in [0.15, 0.2) is 0 Å². The fourth-order valence-corrected chi connectivity index (χ4v) is 3.54. The maximum atomic E-state index is 12.0. The number of hydrogen-bond donors (Lipinski definition) is 1. The van der Waals surface area contributed by atoms with E-state index in [2.05, 4.69) is 19.2 Å². The predicted octanol–water partition coefficient (Wildman–Crippen LogP) is 2.90. The molecule has 0 radical (unpaired) electrons. The van der Waals surface area contributed by atoms with E-state index in [1.165, 1.54) is 25.7 Å². The first-order valence-electron chi connectivity index (χ1n) is 8.64. The van der Waals surface area contributed by atoms with E-state index in [0.29, 0.717) is 25.0 Å². The van der Waals surface area contributed by atoms with Crippen molar-refractivity contribution < 1.29 is 14.3 Å². The van der Waals surface area contributed by atoms with Gasteiger partial charge in [0.25, 0.3) is 0 Å². The van der Waals surface area contributed by atoms with Crippen LogP contribution in [0.2, 0.25) is 0 Å². The summed E-state index contributed by atoms with van der Waals surface area (Å²) in [4.78, 5) is 12.0. The molecule has 3 atom stereocenters. The smallest absolute Gasteiger partial charge is 0.222 e. The third-order valence-electron chi connectivity index (χ3n) is 4.92. The minimum absolute atomic E-state index is 0.132. The second kappa shape index (κ2) is 8.74. The Morgan fingerprint density at radius 1 is 1.29 bits per heavy atom. The van der Waals surface area contributed by atoms with Gasteiger partial charge in [-0.05, 0) is 44.4 Å². The van der Waals surface area contributed by atoms with Crippen molar-refractivity contribution in [2.75, 3.05) is 19.8 Å². The molecule has 2 rings (SSSR count). The first kappa shape index (κ1) is 16.8. The lowest BCUT2D eigenvalue weighted by Gasteiger charge is -2.31. The summed E-state index contributed by atoms with van der Waals surface area (Å²) in [6, 6.07) is 0.295. The summed E-state index contributed by atoms with van der Waals surface area (Å²) in [6.07, 6.45) is 7.82. The maximum Gasteiger partial charge on any atom is 0.222 e. The second-order valence-electron chi connectivity index (χ2n) is 6.82. The number of hydrogen-bond acceptors (Lipinski definition) is 3. The van der Waals surface area contributed by atoms with Crippen molar-refractivity contribution in [1.29, 1.82) is 0 Å². The number of rotatable bonds is 6. The van der Waals surface area contributed by atoms with E-state index in [0.717, 1.165) is 32.0 Å². The lowest BCUT2D eigenvalue weighted by Crippen LogP contribution is -2.40. The molecule has 1 saturated heterocycles. The van der Waals surface area contributed by atoms with Gasteiger partial charge in [-0.1, -0.05) is 19.8 Å². The molecular formula is C17H31NO3. The second-order valence-corrected chi connectivity index (χ2v) is 6.82. The van der Waals surface area contributed by atoms with Gasteiger partial charge in [-0.15, -0.1) is 0 Å². The van der Waals surface area contributed by atoms with Gasteiger partial charge in [0.1, 0.15) is 0 Å². The van der Waals surface area contributed by atoms with Gasteiger partial charge in [0, 0.05) is 25.7 Å². The molecule has 0 aromatic heterocycles. The first-order chi connectivity index (χ1) is 10.1. The lowest BCUT2D eigenvalue weighted by molar-refractivity contribution is -0.124. The Balaban J connectivity index is 1.59. The quantitative estimate of drug-likeness (QED) is 0.820. The van der Waals surface area contributed by atoms with Crippen LogP contribution >= 0.6 is 0 Å². The van der Waals surface area contributed by atoms with Crippen LogP contribution in [-0.4, -0.2) is 37.9 Å².